The minimum atomic E-state index is -4.77. The van der Waals surface area contributed by atoms with Crippen molar-refractivity contribution in [2.45, 2.75) is 29.2 Å². The quantitative estimate of drug-likeness (QED) is 0.401. The minimum absolute atomic E-state index is 0.0737. The van der Waals surface area contributed by atoms with Crippen molar-refractivity contribution in [2.75, 3.05) is 39.1 Å². The molecule has 3 atom stereocenters. The molecule has 0 amide bonds. The van der Waals surface area contributed by atoms with Crippen LogP contribution in [0.15, 0.2) is 53.4 Å². The maximum Gasteiger partial charge on any atom is 0.329 e. The number of aliphatic carboxylic acids is 1. The Morgan fingerprint density at radius 1 is 1.18 bits per heavy atom. The summed E-state index contributed by atoms with van der Waals surface area (Å²) < 4.78 is 47.7. The lowest BCUT2D eigenvalue weighted by Gasteiger charge is -2.22. The summed E-state index contributed by atoms with van der Waals surface area (Å²) >= 11 is 0. The van der Waals surface area contributed by atoms with Crippen LogP contribution in [0.2, 0.25) is 0 Å². The number of halogens is 1. The first-order chi connectivity index (χ1) is 15.7. The Hall–Kier alpha value is -2.69. The number of ether oxygens (including phenoxy) is 1. The van der Waals surface area contributed by atoms with E-state index in [1.165, 1.54) is 12.1 Å². The van der Waals surface area contributed by atoms with Gasteiger partial charge in [0.25, 0.3) is 10.0 Å². The summed E-state index contributed by atoms with van der Waals surface area (Å²) in [5, 5.41) is 13.1. The van der Waals surface area contributed by atoms with E-state index in [1.807, 2.05) is 14.1 Å². The molecule has 0 saturated heterocycles. The average molecular weight is 478 g/mol. The first-order valence-electron chi connectivity index (χ1n) is 10.9. The van der Waals surface area contributed by atoms with Crippen LogP contribution in [-0.4, -0.2) is 68.3 Å². The molecule has 1 saturated carbocycles. The smallest absolute Gasteiger partial charge is 0.329 e. The van der Waals surface area contributed by atoms with E-state index in [4.69, 9.17) is 4.74 Å². The van der Waals surface area contributed by atoms with Gasteiger partial charge in [-0.05, 0) is 56.2 Å². The Balaban J connectivity index is 1.61. The molecular formula is C23H28FN3O5S. The third-order valence-electron chi connectivity index (χ3n) is 6.36. The number of benzene rings is 2. The van der Waals surface area contributed by atoms with Crippen molar-refractivity contribution in [3.8, 4) is 5.75 Å². The highest BCUT2D eigenvalue weighted by Crippen LogP contribution is 2.66. The molecule has 1 heterocycles. The van der Waals surface area contributed by atoms with E-state index >= 15 is 4.48 Å². The molecule has 33 heavy (non-hydrogen) atoms. The second kappa shape index (κ2) is 8.92. The van der Waals surface area contributed by atoms with E-state index in [0.717, 1.165) is 19.4 Å². The van der Waals surface area contributed by atoms with E-state index in [2.05, 4.69) is 10.2 Å². The van der Waals surface area contributed by atoms with Crippen LogP contribution in [0.5, 0.6) is 5.75 Å². The highest BCUT2D eigenvalue weighted by atomic mass is 32.2. The fraction of sp³-hybridized carbons (Fsp3) is 0.435. The van der Waals surface area contributed by atoms with Gasteiger partial charge in [0.15, 0.2) is 5.54 Å². The minimum Gasteiger partial charge on any atom is -0.493 e. The number of nitrogens with one attached hydrogen (secondary N) is 1. The number of hydrogen-bond donors (Lipinski definition) is 2. The molecule has 2 aromatic rings. The van der Waals surface area contributed by atoms with Crippen LogP contribution in [0.25, 0.3) is 0 Å². The molecule has 178 valence electrons. The van der Waals surface area contributed by atoms with Crippen molar-refractivity contribution >= 4 is 21.7 Å². The number of carbonyl (C=O) groups is 1. The molecule has 0 aromatic heterocycles. The van der Waals surface area contributed by atoms with Gasteiger partial charge in [0.05, 0.1) is 12.3 Å². The molecule has 3 unspecified atom stereocenters. The number of carboxylic acids is 1. The van der Waals surface area contributed by atoms with Gasteiger partial charge in [-0.1, -0.05) is 30.3 Å². The Kier molecular flexibility index (Phi) is 6.35. The molecule has 2 N–H and O–H groups in total. The highest BCUT2D eigenvalue weighted by molar-refractivity contribution is 7.89. The lowest BCUT2D eigenvalue weighted by atomic mass is 10.0. The SMILES string of the molecule is CN(C)CCCCNc1ccccc1S(=O)(=O)N(F)C1(C(=O)O)C2COc3ccccc3C21. The van der Waals surface area contributed by atoms with Crippen molar-refractivity contribution in [1.29, 1.82) is 0 Å². The molecule has 2 aliphatic rings. The van der Waals surface area contributed by atoms with Crippen LogP contribution in [-0.2, 0) is 14.8 Å². The number of carboxylic acid groups (broad SMARTS) is 1. The van der Waals surface area contributed by atoms with E-state index in [-0.39, 0.29) is 17.2 Å². The summed E-state index contributed by atoms with van der Waals surface area (Å²) in [7, 11) is -0.818. The summed E-state index contributed by atoms with van der Waals surface area (Å²) in [4.78, 5) is 14.1. The van der Waals surface area contributed by atoms with Gasteiger partial charge in [0, 0.05) is 23.9 Å². The molecule has 0 spiro atoms. The molecule has 2 aromatic carbocycles. The molecule has 0 bridgehead atoms. The van der Waals surface area contributed by atoms with Crippen molar-refractivity contribution in [2.24, 2.45) is 5.92 Å². The van der Waals surface area contributed by atoms with Gasteiger partial charge in [0.2, 0.25) is 0 Å². The van der Waals surface area contributed by atoms with Crippen LogP contribution in [0.1, 0.15) is 24.3 Å². The Labute approximate surface area is 192 Å². The largest absolute Gasteiger partial charge is 0.493 e. The van der Waals surface area contributed by atoms with Crippen LogP contribution >= 0.6 is 0 Å². The third-order valence-corrected chi connectivity index (χ3v) is 8.00. The molecule has 0 radical (unpaired) electrons. The lowest BCUT2D eigenvalue weighted by Crippen LogP contribution is -2.45. The molecule has 1 aliphatic heterocycles. The lowest BCUT2D eigenvalue weighted by molar-refractivity contribution is -0.149. The van der Waals surface area contributed by atoms with Gasteiger partial charge in [-0.25, -0.2) is 8.42 Å². The zero-order valence-electron chi connectivity index (χ0n) is 18.6. The Bertz CT molecular complexity index is 1140. The summed E-state index contributed by atoms with van der Waals surface area (Å²) in [6.07, 6.45) is 1.71. The number of fused-ring (bicyclic) bond motifs is 3. The Morgan fingerprint density at radius 2 is 1.88 bits per heavy atom. The van der Waals surface area contributed by atoms with Gasteiger partial charge in [0.1, 0.15) is 10.6 Å². The predicted octanol–water partition coefficient (Wildman–Crippen LogP) is 2.94. The summed E-state index contributed by atoms with van der Waals surface area (Å²) in [6, 6.07) is 12.7. The number of anilines is 1. The molecule has 1 fully saturated rings. The summed E-state index contributed by atoms with van der Waals surface area (Å²) in [5.74, 6) is -2.73. The second-order valence-electron chi connectivity index (χ2n) is 8.72. The number of hydrogen-bond acceptors (Lipinski definition) is 6. The van der Waals surface area contributed by atoms with Gasteiger partial charge in [-0.3, -0.25) is 4.79 Å². The first kappa shape index (κ1) is 23.5. The topological polar surface area (TPSA) is 99.2 Å². The van der Waals surface area contributed by atoms with Crippen molar-refractivity contribution in [1.82, 2.24) is 9.43 Å². The molecule has 10 heteroatoms. The van der Waals surface area contributed by atoms with Crippen molar-refractivity contribution in [3.63, 3.8) is 0 Å². The van der Waals surface area contributed by atoms with E-state index < -0.39 is 37.9 Å². The number of nitrogens with zero attached hydrogens (tertiary/aromatic N) is 2. The fourth-order valence-corrected chi connectivity index (χ4v) is 6.24. The van der Waals surface area contributed by atoms with Crippen molar-refractivity contribution in [3.05, 3.63) is 54.1 Å². The van der Waals surface area contributed by atoms with Crippen LogP contribution < -0.4 is 10.1 Å². The predicted molar refractivity (Wildman–Crippen MR) is 121 cm³/mol. The standard InChI is InChI=1S/C23H28FN3O5S/c1-26(2)14-8-7-13-25-18-10-4-6-12-20(18)33(30,31)27(24)23(22(28)29)17-15-32-19-11-5-3-9-16(19)21(17)23/h3-6,9-12,17,21,25H,7-8,13-15H2,1-2H3,(H,28,29). The summed E-state index contributed by atoms with van der Waals surface area (Å²) in [5.41, 5.74) is -1.50. The first-order valence-corrected chi connectivity index (χ1v) is 12.3. The second-order valence-corrected chi connectivity index (χ2v) is 10.4. The number of unbranched alkanes of at least 4 members (excludes halogenated alkanes) is 1. The molecule has 1 aliphatic carbocycles. The van der Waals surface area contributed by atoms with E-state index in [9.17, 15) is 18.3 Å². The molecular weight excluding hydrogens is 449 g/mol. The zero-order chi connectivity index (χ0) is 23.8. The third kappa shape index (κ3) is 3.96. The van der Waals surface area contributed by atoms with Crippen LogP contribution in [0.3, 0.4) is 0 Å². The zero-order valence-corrected chi connectivity index (χ0v) is 19.4. The van der Waals surface area contributed by atoms with E-state index in [1.54, 1.807) is 36.4 Å². The van der Waals surface area contributed by atoms with Gasteiger partial charge in [-0.15, -0.1) is 4.48 Å². The highest BCUT2D eigenvalue weighted by Gasteiger charge is 2.79. The molecule has 8 nitrogen and oxygen atoms in total. The van der Waals surface area contributed by atoms with Crippen molar-refractivity contribution < 1.29 is 27.5 Å². The van der Waals surface area contributed by atoms with E-state index in [0.29, 0.717) is 17.9 Å². The number of rotatable bonds is 10. The summed E-state index contributed by atoms with van der Waals surface area (Å²) in [6.45, 7) is 1.33. The Morgan fingerprint density at radius 3 is 2.61 bits per heavy atom. The number of sulfonamides is 1. The maximum absolute atomic E-state index is 15.8. The van der Waals surface area contributed by atoms with Crippen LogP contribution in [0.4, 0.5) is 10.2 Å². The number of para-hydroxylation sites is 2. The van der Waals surface area contributed by atoms with Crippen LogP contribution in [0, 0.1) is 5.92 Å². The molecule has 4 rings (SSSR count). The van der Waals surface area contributed by atoms with Gasteiger partial charge >= 0.3 is 5.97 Å². The monoisotopic (exact) mass is 477 g/mol. The fourth-order valence-electron chi connectivity index (χ4n) is 4.68. The van der Waals surface area contributed by atoms with Gasteiger partial charge in [-0.2, -0.15) is 0 Å². The maximum atomic E-state index is 15.8. The average Bonchev–Trinajstić information content (AvgIpc) is 3.49. The van der Waals surface area contributed by atoms with Gasteiger partial charge < -0.3 is 20.1 Å². The normalized spacial score (nSPS) is 23.5.